The Kier molecular flexibility index (Phi) is 7.63. The average Bonchev–Trinajstić information content (AvgIpc) is 2.82. The van der Waals surface area contributed by atoms with Gasteiger partial charge in [-0.25, -0.2) is 9.97 Å². The molecule has 2 aromatic carbocycles. The van der Waals surface area contributed by atoms with Gasteiger partial charge in [-0.2, -0.15) is 0 Å². The lowest BCUT2D eigenvalue weighted by Gasteiger charge is -2.12. The molecular formula is C22H25N5O5. The lowest BCUT2D eigenvalue weighted by Crippen LogP contribution is -2.12. The van der Waals surface area contributed by atoms with Crippen LogP contribution in [0.25, 0.3) is 0 Å². The molecule has 0 amide bonds. The molecule has 0 atom stereocenters. The van der Waals surface area contributed by atoms with Crippen LogP contribution in [0.1, 0.15) is 11.1 Å². The third kappa shape index (κ3) is 5.54. The van der Waals surface area contributed by atoms with Crippen LogP contribution in [0.5, 0.6) is 17.2 Å². The van der Waals surface area contributed by atoms with Gasteiger partial charge in [0.25, 0.3) is 0 Å². The molecule has 2 N–H and O–H groups in total. The molecule has 0 aliphatic carbocycles. The van der Waals surface area contributed by atoms with Gasteiger partial charge in [0, 0.05) is 13.1 Å². The number of nitrogens with one attached hydrogen (secondary N) is 2. The van der Waals surface area contributed by atoms with Crippen LogP contribution < -0.4 is 24.8 Å². The number of benzene rings is 2. The molecule has 0 radical (unpaired) electrons. The molecule has 0 saturated heterocycles. The molecule has 0 bridgehead atoms. The van der Waals surface area contributed by atoms with E-state index in [4.69, 9.17) is 14.2 Å². The van der Waals surface area contributed by atoms with E-state index in [0.29, 0.717) is 31.0 Å². The third-order valence-corrected chi connectivity index (χ3v) is 4.78. The summed E-state index contributed by atoms with van der Waals surface area (Å²) in [5, 5.41) is 17.8. The standard InChI is InChI=1S/C22H25N5O5/c1-30-17-7-4-16(5-8-17)13-24-22-20(27(28)29)21(25-14-26-22)23-11-10-15-6-9-18(31-2)19(12-15)32-3/h4-9,12,14H,10-11,13H2,1-3H3,(H2,23,24,25,26). The van der Waals surface area contributed by atoms with Gasteiger partial charge in [-0.3, -0.25) is 10.1 Å². The number of nitrogens with zero attached hydrogens (tertiary/aromatic N) is 3. The van der Waals surface area contributed by atoms with Gasteiger partial charge in [-0.1, -0.05) is 18.2 Å². The van der Waals surface area contributed by atoms with Gasteiger partial charge in [0.15, 0.2) is 11.5 Å². The van der Waals surface area contributed by atoms with E-state index in [2.05, 4.69) is 20.6 Å². The van der Waals surface area contributed by atoms with E-state index in [1.807, 2.05) is 42.5 Å². The first-order valence-corrected chi connectivity index (χ1v) is 9.86. The van der Waals surface area contributed by atoms with E-state index in [0.717, 1.165) is 16.9 Å². The number of hydrogen-bond acceptors (Lipinski definition) is 9. The largest absolute Gasteiger partial charge is 0.497 e. The minimum atomic E-state index is -0.491. The molecule has 0 unspecified atom stereocenters. The van der Waals surface area contributed by atoms with Crippen LogP contribution in [0.15, 0.2) is 48.8 Å². The minimum Gasteiger partial charge on any atom is -0.497 e. The fourth-order valence-electron chi connectivity index (χ4n) is 3.10. The summed E-state index contributed by atoms with van der Waals surface area (Å²) in [5.41, 5.74) is 1.72. The topological polar surface area (TPSA) is 121 Å². The third-order valence-electron chi connectivity index (χ3n) is 4.78. The lowest BCUT2D eigenvalue weighted by atomic mass is 10.1. The predicted molar refractivity (Wildman–Crippen MR) is 121 cm³/mol. The summed E-state index contributed by atoms with van der Waals surface area (Å²) in [6.07, 6.45) is 1.90. The Balaban J connectivity index is 1.68. The summed E-state index contributed by atoms with van der Waals surface area (Å²) >= 11 is 0. The highest BCUT2D eigenvalue weighted by Crippen LogP contribution is 2.30. The van der Waals surface area contributed by atoms with Crippen molar-refractivity contribution in [2.75, 3.05) is 38.5 Å². The first kappa shape index (κ1) is 22.6. The van der Waals surface area contributed by atoms with E-state index in [1.54, 1.807) is 21.3 Å². The van der Waals surface area contributed by atoms with Crippen molar-refractivity contribution in [2.24, 2.45) is 0 Å². The number of anilines is 2. The Labute approximate surface area is 185 Å². The van der Waals surface area contributed by atoms with Crippen molar-refractivity contribution in [1.82, 2.24) is 9.97 Å². The quantitative estimate of drug-likeness (QED) is 0.340. The molecule has 10 heteroatoms. The van der Waals surface area contributed by atoms with Crippen LogP contribution >= 0.6 is 0 Å². The molecule has 0 aliphatic rings. The minimum absolute atomic E-state index is 0.148. The Bertz CT molecular complexity index is 1060. The van der Waals surface area contributed by atoms with E-state index < -0.39 is 4.92 Å². The molecule has 0 spiro atoms. The maximum absolute atomic E-state index is 11.7. The van der Waals surface area contributed by atoms with E-state index in [-0.39, 0.29) is 17.3 Å². The maximum Gasteiger partial charge on any atom is 0.353 e. The van der Waals surface area contributed by atoms with Crippen molar-refractivity contribution in [3.05, 3.63) is 70.0 Å². The van der Waals surface area contributed by atoms with Gasteiger partial charge in [-0.15, -0.1) is 0 Å². The van der Waals surface area contributed by atoms with Crippen molar-refractivity contribution in [1.29, 1.82) is 0 Å². The van der Waals surface area contributed by atoms with Gasteiger partial charge in [0.05, 0.1) is 26.3 Å². The first-order chi connectivity index (χ1) is 15.5. The second-order valence-corrected chi connectivity index (χ2v) is 6.74. The van der Waals surface area contributed by atoms with Crippen molar-refractivity contribution < 1.29 is 19.1 Å². The Morgan fingerprint density at radius 2 is 1.53 bits per heavy atom. The van der Waals surface area contributed by atoms with Crippen molar-refractivity contribution in [3.8, 4) is 17.2 Å². The van der Waals surface area contributed by atoms with Gasteiger partial charge in [0.2, 0.25) is 11.6 Å². The predicted octanol–water partition coefficient (Wildman–Crippen LogP) is 3.68. The second kappa shape index (κ2) is 10.8. The summed E-state index contributed by atoms with van der Waals surface area (Å²) in [4.78, 5) is 19.4. The number of methoxy groups -OCH3 is 3. The highest BCUT2D eigenvalue weighted by atomic mass is 16.6. The molecule has 3 aromatic rings. The normalized spacial score (nSPS) is 10.3. The number of rotatable bonds is 11. The van der Waals surface area contributed by atoms with Crippen LogP contribution in [0.3, 0.4) is 0 Å². The molecule has 10 nitrogen and oxygen atoms in total. The van der Waals surface area contributed by atoms with Crippen molar-refractivity contribution >= 4 is 17.3 Å². The second-order valence-electron chi connectivity index (χ2n) is 6.74. The van der Waals surface area contributed by atoms with Crippen LogP contribution in [0.2, 0.25) is 0 Å². The highest BCUT2D eigenvalue weighted by Gasteiger charge is 2.22. The number of hydrogen-bond donors (Lipinski definition) is 2. The lowest BCUT2D eigenvalue weighted by molar-refractivity contribution is -0.383. The van der Waals surface area contributed by atoms with E-state index >= 15 is 0 Å². The van der Waals surface area contributed by atoms with E-state index in [9.17, 15) is 10.1 Å². The molecular weight excluding hydrogens is 414 g/mol. The molecule has 168 valence electrons. The van der Waals surface area contributed by atoms with Crippen molar-refractivity contribution in [2.45, 2.75) is 13.0 Å². The van der Waals surface area contributed by atoms with Gasteiger partial charge >= 0.3 is 5.69 Å². The summed E-state index contributed by atoms with van der Waals surface area (Å²) in [6.45, 7) is 0.804. The molecule has 3 rings (SSSR count). The fourth-order valence-corrected chi connectivity index (χ4v) is 3.10. The monoisotopic (exact) mass is 439 g/mol. The summed E-state index contributed by atoms with van der Waals surface area (Å²) in [6, 6.07) is 13.0. The Morgan fingerprint density at radius 3 is 2.16 bits per heavy atom. The van der Waals surface area contributed by atoms with Gasteiger partial charge in [0.1, 0.15) is 12.1 Å². The highest BCUT2D eigenvalue weighted by molar-refractivity contribution is 5.69. The maximum atomic E-state index is 11.7. The SMILES string of the molecule is COc1ccc(CNc2ncnc(NCCc3ccc(OC)c(OC)c3)c2[N+](=O)[O-])cc1. The number of nitro groups is 1. The van der Waals surface area contributed by atoms with Crippen LogP contribution in [0, 0.1) is 10.1 Å². The zero-order valence-electron chi connectivity index (χ0n) is 18.1. The fraction of sp³-hybridized carbons (Fsp3) is 0.273. The first-order valence-electron chi connectivity index (χ1n) is 9.86. The smallest absolute Gasteiger partial charge is 0.353 e. The molecule has 32 heavy (non-hydrogen) atoms. The van der Waals surface area contributed by atoms with E-state index in [1.165, 1.54) is 6.33 Å². The van der Waals surface area contributed by atoms with Crippen LogP contribution in [-0.2, 0) is 13.0 Å². The summed E-state index contributed by atoms with van der Waals surface area (Å²) in [5.74, 6) is 2.31. The van der Waals surface area contributed by atoms with Crippen LogP contribution in [-0.4, -0.2) is 42.8 Å². The molecule has 0 saturated carbocycles. The van der Waals surface area contributed by atoms with Gasteiger partial charge in [-0.05, 0) is 41.8 Å². The average molecular weight is 439 g/mol. The molecule has 0 aliphatic heterocycles. The number of aromatic nitrogens is 2. The Hall–Kier alpha value is -4.08. The summed E-state index contributed by atoms with van der Waals surface area (Å²) < 4.78 is 15.7. The summed E-state index contributed by atoms with van der Waals surface area (Å²) in [7, 11) is 4.75. The zero-order valence-corrected chi connectivity index (χ0v) is 18.1. The molecule has 1 aromatic heterocycles. The Morgan fingerprint density at radius 1 is 0.875 bits per heavy atom. The van der Waals surface area contributed by atoms with Crippen molar-refractivity contribution in [3.63, 3.8) is 0 Å². The van der Waals surface area contributed by atoms with Crippen LogP contribution in [0.4, 0.5) is 17.3 Å². The number of ether oxygens (including phenoxy) is 3. The zero-order chi connectivity index (χ0) is 22.9. The molecule has 0 fully saturated rings. The van der Waals surface area contributed by atoms with Gasteiger partial charge < -0.3 is 24.8 Å². The molecule has 1 heterocycles.